The van der Waals surface area contributed by atoms with E-state index in [0.29, 0.717) is 0 Å². The van der Waals surface area contributed by atoms with Crippen molar-refractivity contribution in [2.24, 2.45) is 0 Å². The number of hydroxylamine groups is 1. The van der Waals surface area contributed by atoms with Crippen LogP contribution >= 0.6 is 24.0 Å². The summed E-state index contributed by atoms with van der Waals surface area (Å²) in [6, 6.07) is 9.61. The number of rotatable bonds is 2. The van der Waals surface area contributed by atoms with Crippen LogP contribution in [0.2, 0.25) is 0 Å². The van der Waals surface area contributed by atoms with Gasteiger partial charge in [0.2, 0.25) is 5.37 Å². The second kappa shape index (κ2) is 4.90. The molecule has 0 saturated carbocycles. The fourth-order valence-corrected chi connectivity index (χ4v) is 3.54. The molecule has 0 radical (unpaired) electrons. The Labute approximate surface area is 117 Å². The zero-order chi connectivity index (χ0) is 13.3. The Balaban J connectivity index is 2.27. The van der Waals surface area contributed by atoms with Gasteiger partial charge in [-0.15, -0.1) is 0 Å². The first-order chi connectivity index (χ1) is 8.43. The summed E-state index contributed by atoms with van der Waals surface area (Å²) in [5.74, 6) is 0. The summed E-state index contributed by atoms with van der Waals surface area (Å²) in [5.41, 5.74) is 0.638. The Kier molecular flexibility index (Phi) is 3.64. The highest BCUT2D eigenvalue weighted by Gasteiger charge is 2.48. The molecule has 1 aromatic rings. The van der Waals surface area contributed by atoms with Crippen molar-refractivity contribution in [3.8, 4) is 0 Å². The Morgan fingerprint density at radius 1 is 1.39 bits per heavy atom. The van der Waals surface area contributed by atoms with Gasteiger partial charge in [0.15, 0.2) is 6.21 Å². The van der Waals surface area contributed by atoms with Crippen molar-refractivity contribution in [2.45, 2.75) is 24.8 Å². The molecule has 0 unspecified atom stereocenters. The lowest BCUT2D eigenvalue weighted by Crippen LogP contribution is -2.47. The molecule has 1 aliphatic rings. The van der Waals surface area contributed by atoms with Crippen LogP contribution in [-0.2, 0) is 0 Å². The van der Waals surface area contributed by atoms with Gasteiger partial charge in [0.25, 0.3) is 0 Å². The highest BCUT2D eigenvalue weighted by molar-refractivity contribution is 8.23. The number of thiocarbonyl (C=S) groups is 1. The largest absolute Gasteiger partial charge is 0.623 e. The first kappa shape index (κ1) is 13.4. The van der Waals surface area contributed by atoms with Gasteiger partial charge in [0, 0.05) is 12.6 Å². The zero-order valence-electron chi connectivity index (χ0n) is 10.7. The van der Waals surface area contributed by atoms with Crippen LogP contribution in [0, 0.1) is 5.21 Å². The maximum Gasteiger partial charge on any atom is 0.238 e. The molecule has 2 rings (SSSR count). The van der Waals surface area contributed by atoms with Crippen molar-refractivity contribution in [3.63, 3.8) is 0 Å². The molecular weight excluding hydrogens is 264 g/mol. The molecule has 0 N–H and O–H groups in total. The third-order valence-corrected chi connectivity index (χ3v) is 5.31. The Hall–Kier alpha value is -1.07. The van der Waals surface area contributed by atoms with E-state index in [-0.39, 0.29) is 10.9 Å². The van der Waals surface area contributed by atoms with Gasteiger partial charge in [-0.3, -0.25) is 0 Å². The molecule has 18 heavy (non-hydrogen) atoms. The third kappa shape index (κ3) is 2.37. The molecule has 3 nitrogen and oxygen atoms in total. The highest BCUT2D eigenvalue weighted by atomic mass is 32.2. The molecule has 1 fully saturated rings. The van der Waals surface area contributed by atoms with E-state index in [9.17, 15) is 5.21 Å². The molecule has 0 spiro atoms. The van der Waals surface area contributed by atoms with E-state index in [1.54, 1.807) is 6.21 Å². The number of thioether (sulfide) groups is 1. The topological polar surface area (TPSA) is 29.3 Å². The van der Waals surface area contributed by atoms with Gasteiger partial charge < -0.3 is 10.1 Å². The monoisotopic (exact) mass is 280 g/mol. The second-order valence-electron chi connectivity index (χ2n) is 4.85. The van der Waals surface area contributed by atoms with Gasteiger partial charge in [0.05, 0.1) is 0 Å². The highest BCUT2D eigenvalue weighted by Crippen LogP contribution is 2.38. The van der Waals surface area contributed by atoms with Crippen molar-refractivity contribution in [1.29, 1.82) is 0 Å². The summed E-state index contributed by atoms with van der Waals surface area (Å²) < 4.78 is 1.78. The lowest BCUT2D eigenvalue weighted by atomic mass is 10.0. The molecule has 1 atom stereocenters. The van der Waals surface area contributed by atoms with E-state index in [1.165, 1.54) is 11.8 Å². The van der Waals surface area contributed by atoms with Gasteiger partial charge in [-0.2, -0.15) is 4.74 Å². The second-order valence-corrected chi connectivity index (χ2v) is 6.56. The number of likely N-dealkylation sites (N-methyl/N-ethyl adjacent to an activating group) is 1. The van der Waals surface area contributed by atoms with Crippen LogP contribution in [0.1, 0.15) is 19.4 Å². The normalized spacial score (nSPS) is 23.5. The summed E-state index contributed by atoms with van der Waals surface area (Å²) in [6.45, 7) is 4.07. The molecule has 96 valence electrons. The summed E-state index contributed by atoms with van der Waals surface area (Å²) in [4.78, 5) is 1.99. The molecule has 0 aromatic heterocycles. The first-order valence-corrected chi connectivity index (χ1v) is 7.01. The van der Waals surface area contributed by atoms with Gasteiger partial charge in [0.1, 0.15) is 9.86 Å². The van der Waals surface area contributed by atoms with E-state index in [0.717, 1.165) is 14.6 Å². The van der Waals surface area contributed by atoms with Gasteiger partial charge >= 0.3 is 0 Å². The number of hydrogen-bond acceptors (Lipinski definition) is 3. The number of benzene rings is 1. The minimum absolute atomic E-state index is 0.213. The van der Waals surface area contributed by atoms with Crippen LogP contribution in [0.4, 0.5) is 0 Å². The fourth-order valence-electron chi connectivity index (χ4n) is 1.84. The number of hydrogen-bond donors (Lipinski definition) is 0. The lowest BCUT2D eigenvalue weighted by Gasteiger charge is -2.30. The van der Waals surface area contributed by atoms with E-state index < -0.39 is 0 Å². The van der Waals surface area contributed by atoms with Crippen molar-refractivity contribution in [2.75, 3.05) is 7.05 Å². The molecule has 1 aliphatic heterocycles. The van der Waals surface area contributed by atoms with Crippen LogP contribution in [0.3, 0.4) is 0 Å². The smallest absolute Gasteiger partial charge is 0.238 e. The van der Waals surface area contributed by atoms with Crippen LogP contribution < -0.4 is 0 Å². The molecule has 1 aromatic carbocycles. The van der Waals surface area contributed by atoms with Crippen molar-refractivity contribution < 1.29 is 4.74 Å². The standard InChI is InChI=1S/C13H16N2OS2/c1-13(2)11(18-12(17)14(13)3)15(16)9-10-7-5-4-6-8-10/h4-9,11H,1-3H3/b15-9-/t11-/m0/s1. The maximum atomic E-state index is 12.3. The maximum absolute atomic E-state index is 12.3. The molecule has 1 saturated heterocycles. The van der Waals surface area contributed by atoms with Gasteiger partial charge in [-0.25, -0.2) is 0 Å². The fraction of sp³-hybridized carbons (Fsp3) is 0.385. The average Bonchev–Trinajstić information content (AvgIpc) is 2.54. The zero-order valence-corrected chi connectivity index (χ0v) is 12.3. The van der Waals surface area contributed by atoms with Crippen molar-refractivity contribution in [3.05, 3.63) is 41.1 Å². The molecule has 0 amide bonds. The van der Waals surface area contributed by atoms with E-state index in [2.05, 4.69) is 0 Å². The third-order valence-electron chi connectivity index (χ3n) is 3.26. The quantitative estimate of drug-likeness (QED) is 0.274. The molecule has 0 bridgehead atoms. The van der Waals surface area contributed by atoms with Crippen LogP contribution in [0.5, 0.6) is 0 Å². The van der Waals surface area contributed by atoms with Crippen LogP contribution in [0.15, 0.2) is 30.3 Å². The average molecular weight is 280 g/mol. The van der Waals surface area contributed by atoms with Crippen LogP contribution in [0.25, 0.3) is 0 Å². The Bertz CT molecular complexity index is 485. The predicted octanol–water partition coefficient (Wildman–Crippen LogP) is 2.68. The van der Waals surface area contributed by atoms with E-state index in [4.69, 9.17) is 12.2 Å². The summed E-state index contributed by atoms with van der Waals surface area (Å²) in [6.07, 6.45) is 1.63. The Morgan fingerprint density at radius 2 is 2.00 bits per heavy atom. The van der Waals surface area contributed by atoms with Crippen molar-refractivity contribution >= 4 is 34.5 Å². The molecule has 5 heteroatoms. The van der Waals surface area contributed by atoms with E-state index in [1.807, 2.05) is 56.1 Å². The Morgan fingerprint density at radius 3 is 2.50 bits per heavy atom. The first-order valence-electron chi connectivity index (χ1n) is 5.73. The minimum atomic E-state index is -0.269. The van der Waals surface area contributed by atoms with Gasteiger partial charge in [-0.05, 0) is 37.7 Å². The molecular formula is C13H16N2OS2. The summed E-state index contributed by atoms with van der Waals surface area (Å²) >= 11 is 6.71. The van der Waals surface area contributed by atoms with Gasteiger partial charge in [-0.1, -0.05) is 30.4 Å². The molecule has 0 aliphatic carbocycles. The minimum Gasteiger partial charge on any atom is -0.623 e. The summed E-state index contributed by atoms with van der Waals surface area (Å²) in [5, 5.41) is 12.1. The van der Waals surface area contributed by atoms with E-state index >= 15 is 0 Å². The lowest BCUT2D eigenvalue weighted by molar-refractivity contribution is -0.480. The van der Waals surface area contributed by atoms with Crippen LogP contribution in [-0.4, -0.2) is 38.1 Å². The summed E-state index contributed by atoms with van der Waals surface area (Å²) in [7, 11) is 1.94. The predicted molar refractivity (Wildman–Crippen MR) is 81.1 cm³/mol. The van der Waals surface area contributed by atoms with Crippen molar-refractivity contribution in [1.82, 2.24) is 4.90 Å². The molecule has 1 heterocycles. The SMILES string of the molecule is CN1C(=S)S[C@H](/[N+]([O-])=C/c2ccccc2)C1(C)C. The number of nitrogens with zero attached hydrogens (tertiary/aromatic N) is 2.